The molecular weight excluding hydrogens is 152 g/mol. The van der Waals surface area contributed by atoms with Crippen LogP contribution in [0.15, 0.2) is 24.8 Å². The fraction of sp³-hybridized carbons (Fsp3) is 0.500. The number of ether oxygens (including phenoxy) is 1. The summed E-state index contributed by atoms with van der Waals surface area (Å²) in [7, 11) is 0. The van der Waals surface area contributed by atoms with E-state index in [1.807, 2.05) is 20.8 Å². The molecule has 0 saturated heterocycles. The minimum absolute atomic E-state index is 0.199. The van der Waals surface area contributed by atoms with Crippen molar-refractivity contribution in [1.82, 2.24) is 0 Å². The molecule has 0 aliphatic carbocycles. The lowest BCUT2D eigenvalue weighted by molar-refractivity contribution is -0.143. The van der Waals surface area contributed by atoms with Crippen LogP contribution in [0.25, 0.3) is 0 Å². The Morgan fingerprint density at radius 1 is 1.50 bits per heavy atom. The molecule has 0 N–H and O–H groups in total. The molecule has 68 valence electrons. The maximum Gasteiger partial charge on any atom is 0.330 e. The van der Waals surface area contributed by atoms with Crippen LogP contribution in [0.2, 0.25) is 0 Å². The number of hydrogen-bond donors (Lipinski definition) is 0. The van der Waals surface area contributed by atoms with Crippen molar-refractivity contribution in [2.24, 2.45) is 5.92 Å². The third-order valence-corrected chi connectivity index (χ3v) is 1.50. The van der Waals surface area contributed by atoms with Gasteiger partial charge in [0, 0.05) is 6.08 Å². The molecular formula is C10H16O2. The Bertz CT molecular complexity index is 192. The Hall–Kier alpha value is -1.05. The molecule has 0 radical (unpaired) electrons. The normalized spacial score (nSPS) is 12.3. The zero-order valence-corrected chi connectivity index (χ0v) is 7.96. The molecule has 2 heteroatoms. The Morgan fingerprint density at radius 2 is 2.00 bits per heavy atom. The van der Waals surface area contributed by atoms with Crippen molar-refractivity contribution in [3.63, 3.8) is 0 Å². The minimum Gasteiger partial charge on any atom is -0.454 e. The van der Waals surface area contributed by atoms with Crippen LogP contribution in [0.5, 0.6) is 0 Å². The molecule has 0 aliphatic heterocycles. The van der Waals surface area contributed by atoms with Crippen LogP contribution < -0.4 is 0 Å². The zero-order chi connectivity index (χ0) is 9.72. The first-order chi connectivity index (χ1) is 5.49. The second kappa shape index (κ2) is 4.75. The van der Waals surface area contributed by atoms with Crippen LogP contribution in [-0.4, -0.2) is 12.1 Å². The average Bonchev–Trinajstić information content (AvgIpc) is 1.98. The fourth-order valence-electron chi connectivity index (χ4n) is 0.979. The number of carbonyl (C=O) groups is 1. The Labute approximate surface area is 73.9 Å². The van der Waals surface area contributed by atoms with Gasteiger partial charge in [-0.2, -0.15) is 0 Å². The van der Waals surface area contributed by atoms with Crippen LogP contribution in [0, 0.1) is 5.92 Å². The lowest BCUT2D eigenvalue weighted by Crippen LogP contribution is -2.23. The van der Waals surface area contributed by atoms with Gasteiger partial charge >= 0.3 is 5.97 Å². The summed E-state index contributed by atoms with van der Waals surface area (Å²) < 4.78 is 5.07. The Balaban J connectivity index is 4.23. The number of carbonyl (C=O) groups excluding carboxylic acids is 1. The van der Waals surface area contributed by atoms with E-state index in [-0.39, 0.29) is 12.0 Å². The van der Waals surface area contributed by atoms with Gasteiger partial charge in [0.2, 0.25) is 0 Å². The van der Waals surface area contributed by atoms with E-state index in [0.717, 1.165) is 11.6 Å². The van der Waals surface area contributed by atoms with Gasteiger partial charge in [0.1, 0.15) is 6.10 Å². The smallest absolute Gasteiger partial charge is 0.330 e. The quantitative estimate of drug-likeness (QED) is 0.366. The largest absolute Gasteiger partial charge is 0.454 e. The first-order valence-electron chi connectivity index (χ1n) is 3.97. The lowest BCUT2D eigenvalue weighted by Gasteiger charge is -2.20. The number of esters is 1. The Kier molecular flexibility index (Phi) is 4.34. The summed E-state index contributed by atoms with van der Waals surface area (Å²) >= 11 is 0. The molecule has 0 aliphatic rings. The standard InChI is InChI=1S/C10H16O2/c1-6-9(11)12-10(7(2)3)8(4)5/h6,8,10H,1-2H2,3-5H3. The molecule has 0 saturated carbocycles. The van der Waals surface area contributed by atoms with Gasteiger partial charge in [-0.05, 0) is 18.4 Å². The maximum absolute atomic E-state index is 10.8. The summed E-state index contributed by atoms with van der Waals surface area (Å²) in [6.07, 6.45) is 0.966. The summed E-state index contributed by atoms with van der Waals surface area (Å²) in [5, 5.41) is 0. The van der Waals surface area contributed by atoms with Crippen LogP contribution in [-0.2, 0) is 9.53 Å². The molecule has 1 unspecified atom stereocenters. The fourth-order valence-corrected chi connectivity index (χ4v) is 0.979. The van der Waals surface area contributed by atoms with Crippen molar-refractivity contribution in [2.45, 2.75) is 26.9 Å². The number of rotatable bonds is 4. The summed E-state index contributed by atoms with van der Waals surface area (Å²) in [5.41, 5.74) is 0.861. The molecule has 0 amide bonds. The van der Waals surface area contributed by atoms with Crippen LogP contribution >= 0.6 is 0 Å². The molecule has 0 aromatic carbocycles. The van der Waals surface area contributed by atoms with Crippen molar-refractivity contribution in [3.05, 3.63) is 24.8 Å². The van der Waals surface area contributed by atoms with Gasteiger partial charge in [-0.1, -0.05) is 27.0 Å². The summed E-state index contributed by atoms with van der Waals surface area (Å²) in [6.45, 7) is 12.9. The van der Waals surface area contributed by atoms with Gasteiger partial charge in [-0.25, -0.2) is 4.79 Å². The molecule has 0 aromatic heterocycles. The van der Waals surface area contributed by atoms with Crippen LogP contribution in [0.4, 0.5) is 0 Å². The van der Waals surface area contributed by atoms with E-state index in [9.17, 15) is 4.79 Å². The van der Waals surface area contributed by atoms with Gasteiger partial charge in [0.15, 0.2) is 0 Å². The summed E-state index contributed by atoms with van der Waals surface area (Å²) in [4.78, 5) is 10.8. The van der Waals surface area contributed by atoms with Gasteiger partial charge in [-0.3, -0.25) is 0 Å². The second-order valence-corrected chi connectivity index (χ2v) is 3.15. The second-order valence-electron chi connectivity index (χ2n) is 3.15. The molecule has 0 fully saturated rings. The lowest BCUT2D eigenvalue weighted by atomic mass is 10.0. The molecule has 1 atom stereocenters. The van der Waals surface area contributed by atoms with Gasteiger partial charge in [0.05, 0.1) is 0 Å². The average molecular weight is 168 g/mol. The molecule has 0 heterocycles. The zero-order valence-electron chi connectivity index (χ0n) is 7.96. The monoisotopic (exact) mass is 168 g/mol. The highest BCUT2D eigenvalue weighted by molar-refractivity contribution is 5.81. The topological polar surface area (TPSA) is 26.3 Å². The van der Waals surface area contributed by atoms with Gasteiger partial charge in [0.25, 0.3) is 0 Å². The van der Waals surface area contributed by atoms with Crippen LogP contribution in [0.1, 0.15) is 20.8 Å². The molecule has 0 spiro atoms. The number of hydrogen-bond acceptors (Lipinski definition) is 2. The predicted molar refractivity (Wildman–Crippen MR) is 49.7 cm³/mol. The minimum atomic E-state index is -0.392. The van der Waals surface area contributed by atoms with Crippen molar-refractivity contribution in [3.8, 4) is 0 Å². The molecule has 12 heavy (non-hydrogen) atoms. The van der Waals surface area contributed by atoms with Crippen molar-refractivity contribution in [1.29, 1.82) is 0 Å². The van der Waals surface area contributed by atoms with E-state index in [2.05, 4.69) is 13.2 Å². The van der Waals surface area contributed by atoms with E-state index in [1.54, 1.807) is 0 Å². The van der Waals surface area contributed by atoms with E-state index < -0.39 is 5.97 Å². The van der Waals surface area contributed by atoms with Crippen molar-refractivity contribution in [2.75, 3.05) is 0 Å². The molecule has 0 aromatic rings. The highest BCUT2D eigenvalue weighted by Crippen LogP contribution is 2.14. The first kappa shape index (κ1) is 11.0. The molecule has 0 rings (SSSR count). The van der Waals surface area contributed by atoms with E-state index in [4.69, 9.17) is 4.74 Å². The first-order valence-corrected chi connectivity index (χ1v) is 3.97. The highest BCUT2D eigenvalue weighted by Gasteiger charge is 2.17. The van der Waals surface area contributed by atoms with E-state index >= 15 is 0 Å². The summed E-state index contributed by atoms with van der Waals surface area (Å²) in [6, 6.07) is 0. The molecule has 2 nitrogen and oxygen atoms in total. The van der Waals surface area contributed by atoms with Crippen molar-refractivity contribution >= 4 is 5.97 Å². The SMILES string of the molecule is C=CC(=O)OC(C(=C)C)C(C)C. The third-order valence-electron chi connectivity index (χ3n) is 1.50. The summed E-state index contributed by atoms with van der Waals surface area (Å²) in [5.74, 6) is -0.136. The predicted octanol–water partition coefficient (Wildman–Crippen LogP) is 2.32. The van der Waals surface area contributed by atoms with Crippen LogP contribution in [0.3, 0.4) is 0 Å². The van der Waals surface area contributed by atoms with Gasteiger partial charge in [-0.15, -0.1) is 0 Å². The van der Waals surface area contributed by atoms with E-state index in [1.165, 1.54) is 0 Å². The van der Waals surface area contributed by atoms with Crippen molar-refractivity contribution < 1.29 is 9.53 Å². The Morgan fingerprint density at radius 3 is 2.25 bits per heavy atom. The molecule has 0 bridgehead atoms. The highest BCUT2D eigenvalue weighted by atomic mass is 16.5. The van der Waals surface area contributed by atoms with Gasteiger partial charge < -0.3 is 4.74 Å². The third kappa shape index (κ3) is 3.37. The maximum atomic E-state index is 10.8. The van der Waals surface area contributed by atoms with E-state index in [0.29, 0.717) is 0 Å².